The van der Waals surface area contributed by atoms with Gasteiger partial charge in [0.05, 0.1) is 37.8 Å². The summed E-state index contributed by atoms with van der Waals surface area (Å²) in [6, 6.07) is 10.2. The Balaban J connectivity index is 1.94. The average molecular weight is 230 g/mol. The molecule has 88 valence electrons. The maximum atomic E-state index is 9.25. The summed E-state index contributed by atoms with van der Waals surface area (Å²) in [6.45, 7) is 1.87. The lowest BCUT2D eigenvalue weighted by atomic mass is 10.2. The van der Waals surface area contributed by atoms with Crippen molar-refractivity contribution in [3.05, 3.63) is 52.8 Å². The van der Waals surface area contributed by atoms with Crippen LogP contribution in [-0.4, -0.2) is 14.9 Å². The van der Waals surface area contributed by atoms with Gasteiger partial charge in [-0.15, -0.1) is 0 Å². The van der Waals surface area contributed by atoms with Crippen molar-refractivity contribution in [1.29, 1.82) is 0 Å². The van der Waals surface area contributed by atoms with E-state index in [1.54, 1.807) is 0 Å². The van der Waals surface area contributed by atoms with Gasteiger partial charge in [0, 0.05) is 5.56 Å². The Morgan fingerprint density at radius 1 is 1.24 bits per heavy atom. The van der Waals surface area contributed by atoms with Crippen molar-refractivity contribution in [2.24, 2.45) is 0 Å². The van der Waals surface area contributed by atoms with Gasteiger partial charge in [-0.2, -0.15) is 5.10 Å². The highest BCUT2D eigenvalue weighted by molar-refractivity contribution is 5.28. The predicted molar refractivity (Wildman–Crippen MR) is 62.2 cm³/mol. The molecule has 0 spiro atoms. The molecular weight excluding hydrogens is 216 g/mol. The van der Waals surface area contributed by atoms with Crippen molar-refractivity contribution in [2.75, 3.05) is 0 Å². The topological polar surface area (TPSA) is 47.3 Å². The SMILES string of the molecule is OCc1nn(Cc2ccccc2)c2c1COC2. The molecule has 0 aliphatic carbocycles. The van der Waals surface area contributed by atoms with Crippen LogP contribution in [-0.2, 0) is 31.1 Å². The Bertz CT molecular complexity index is 520. The molecule has 0 fully saturated rings. The predicted octanol–water partition coefficient (Wildman–Crippen LogP) is 1.45. The second-order valence-corrected chi connectivity index (χ2v) is 4.17. The van der Waals surface area contributed by atoms with Gasteiger partial charge in [-0.3, -0.25) is 4.68 Å². The molecule has 2 heterocycles. The summed E-state index contributed by atoms with van der Waals surface area (Å²) < 4.78 is 7.34. The van der Waals surface area contributed by atoms with Crippen LogP contribution >= 0.6 is 0 Å². The van der Waals surface area contributed by atoms with Crippen LogP contribution in [0.5, 0.6) is 0 Å². The molecule has 0 radical (unpaired) electrons. The molecule has 3 rings (SSSR count). The number of aliphatic hydroxyl groups excluding tert-OH is 1. The molecule has 0 unspecified atom stereocenters. The van der Waals surface area contributed by atoms with Crippen molar-refractivity contribution >= 4 is 0 Å². The molecule has 2 aromatic rings. The molecule has 0 saturated carbocycles. The summed E-state index contributed by atoms with van der Waals surface area (Å²) in [4.78, 5) is 0. The van der Waals surface area contributed by atoms with E-state index < -0.39 is 0 Å². The first kappa shape index (κ1) is 10.5. The number of ether oxygens (including phenoxy) is 1. The van der Waals surface area contributed by atoms with Crippen LogP contribution in [0, 0.1) is 0 Å². The van der Waals surface area contributed by atoms with E-state index >= 15 is 0 Å². The minimum absolute atomic E-state index is 0.0204. The fraction of sp³-hybridized carbons (Fsp3) is 0.308. The van der Waals surface area contributed by atoms with Crippen LogP contribution in [0.1, 0.15) is 22.5 Å². The van der Waals surface area contributed by atoms with Crippen molar-refractivity contribution in [2.45, 2.75) is 26.4 Å². The van der Waals surface area contributed by atoms with E-state index in [0.29, 0.717) is 13.2 Å². The summed E-state index contributed by atoms with van der Waals surface area (Å²) in [5.41, 5.74) is 4.10. The highest BCUT2D eigenvalue weighted by atomic mass is 16.5. The van der Waals surface area contributed by atoms with E-state index in [2.05, 4.69) is 17.2 Å². The molecule has 4 heteroatoms. The van der Waals surface area contributed by atoms with Crippen LogP contribution in [0.25, 0.3) is 0 Å². The number of rotatable bonds is 3. The fourth-order valence-electron chi connectivity index (χ4n) is 2.18. The molecule has 4 nitrogen and oxygen atoms in total. The van der Waals surface area contributed by atoms with Crippen LogP contribution in [0.15, 0.2) is 30.3 Å². The van der Waals surface area contributed by atoms with Gasteiger partial charge in [-0.1, -0.05) is 30.3 Å². The van der Waals surface area contributed by atoms with E-state index in [-0.39, 0.29) is 6.61 Å². The molecule has 17 heavy (non-hydrogen) atoms. The average Bonchev–Trinajstić information content (AvgIpc) is 2.94. The standard InChI is InChI=1S/C13H14N2O2/c16-7-12-11-8-17-9-13(11)15(14-12)6-10-4-2-1-3-5-10/h1-5,16H,6-9H2. The third-order valence-corrected chi connectivity index (χ3v) is 3.06. The van der Waals surface area contributed by atoms with Crippen molar-refractivity contribution < 1.29 is 9.84 Å². The highest BCUT2D eigenvalue weighted by Gasteiger charge is 2.22. The number of hydrogen-bond acceptors (Lipinski definition) is 3. The van der Waals surface area contributed by atoms with Crippen molar-refractivity contribution in [3.8, 4) is 0 Å². The van der Waals surface area contributed by atoms with Gasteiger partial charge in [-0.25, -0.2) is 0 Å². The molecule has 1 aliphatic heterocycles. The Kier molecular flexibility index (Phi) is 2.66. The number of aliphatic hydroxyl groups is 1. The van der Waals surface area contributed by atoms with E-state index in [0.717, 1.165) is 23.5 Å². The van der Waals surface area contributed by atoms with Crippen LogP contribution in [0.3, 0.4) is 0 Å². The monoisotopic (exact) mass is 230 g/mol. The second kappa shape index (κ2) is 4.31. The van der Waals surface area contributed by atoms with Gasteiger partial charge in [0.2, 0.25) is 0 Å². The fourth-order valence-corrected chi connectivity index (χ4v) is 2.18. The Morgan fingerprint density at radius 3 is 2.82 bits per heavy atom. The number of fused-ring (bicyclic) bond motifs is 1. The van der Waals surface area contributed by atoms with E-state index in [4.69, 9.17) is 4.74 Å². The Morgan fingerprint density at radius 2 is 2.06 bits per heavy atom. The normalized spacial score (nSPS) is 13.9. The first-order valence-electron chi connectivity index (χ1n) is 5.68. The number of benzene rings is 1. The summed E-state index contributed by atoms with van der Waals surface area (Å²) in [7, 11) is 0. The number of nitrogens with zero attached hydrogens (tertiary/aromatic N) is 2. The van der Waals surface area contributed by atoms with Gasteiger partial charge in [0.25, 0.3) is 0 Å². The molecule has 0 atom stereocenters. The van der Waals surface area contributed by atoms with Gasteiger partial charge in [-0.05, 0) is 5.56 Å². The molecular formula is C13H14N2O2. The Hall–Kier alpha value is -1.65. The molecule has 0 saturated heterocycles. The van der Waals surface area contributed by atoms with Crippen molar-refractivity contribution in [3.63, 3.8) is 0 Å². The third-order valence-electron chi connectivity index (χ3n) is 3.06. The molecule has 1 aromatic heterocycles. The van der Waals surface area contributed by atoms with Crippen LogP contribution < -0.4 is 0 Å². The molecule has 1 aliphatic rings. The third kappa shape index (κ3) is 1.85. The molecule has 0 bridgehead atoms. The van der Waals surface area contributed by atoms with Gasteiger partial charge >= 0.3 is 0 Å². The van der Waals surface area contributed by atoms with Gasteiger partial charge < -0.3 is 9.84 Å². The number of aromatic nitrogens is 2. The lowest BCUT2D eigenvalue weighted by Gasteiger charge is -2.05. The van der Waals surface area contributed by atoms with Crippen molar-refractivity contribution in [1.82, 2.24) is 9.78 Å². The van der Waals surface area contributed by atoms with Gasteiger partial charge in [0.15, 0.2) is 0 Å². The van der Waals surface area contributed by atoms with Gasteiger partial charge in [0.1, 0.15) is 0 Å². The quantitative estimate of drug-likeness (QED) is 0.868. The number of hydrogen-bond donors (Lipinski definition) is 1. The summed E-state index contributed by atoms with van der Waals surface area (Å²) >= 11 is 0. The molecule has 1 N–H and O–H groups in total. The van der Waals surface area contributed by atoms with E-state index in [1.807, 2.05) is 22.9 Å². The largest absolute Gasteiger partial charge is 0.390 e. The zero-order chi connectivity index (χ0) is 11.7. The lowest BCUT2D eigenvalue weighted by molar-refractivity contribution is 0.127. The smallest absolute Gasteiger partial charge is 0.0938 e. The Labute approximate surface area is 99.5 Å². The highest BCUT2D eigenvalue weighted by Crippen LogP contribution is 2.24. The van der Waals surface area contributed by atoms with E-state index in [1.165, 1.54) is 5.56 Å². The van der Waals surface area contributed by atoms with E-state index in [9.17, 15) is 5.11 Å². The lowest BCUT2D eigenvalue weighted by Crippen LogP contribution is -2.06. The van der Waals surface area contributed by atoms with Crippen LogP contribution in [0.4, 0.5) is 0 Å². The first-order chi connectivity index (χ1) is 8.38. The second-order valence-electron chi connectivity index (χ2n) is 4.17. The maximum absolute atomic E-state index is 9.25. The van der Waals surface area contributed by atoms with Crippen LogP contribution in [0.2, 0.25) is 0 Å². The summed E-state index contributed by atoms with van der Waals surface area (Å²) in [5, 5.41) is 13.7. The molecule has 0 amide bonds. The first-order valence-corrected chi connectivity index (χ1v) is 5.68. The maximum Gasteiger partial charge on any atom is 0.0938 e. The summed E-state index contributed by atoms with van der Waals surface area (Å²) in [5.74, 6) is 0. The minimum Gasteiger partial charge on any atom is -0.390 e. The zero-order valence-electron chi connectivity index (χ0n) is 9.47. The minimum atomic E-state index is -0.0204. The molecule has 1 aromatic carbocycles. The zero-order valence-corrected chi connectivity index (χ0v) is 9.47. The summed E-state index contributed by atoms with van der Waals surface area (Å²) in [6.07, 6.45) is 0.